The molecule has 19 heteroatoms. The molecule has 0 fully saturated rings. The third-order valence-electron chi connectivity index (χ3n) is 8.19. The van der Waals surface area contributed by atoms with E-state index in [1.807, 2.05) is 0 Å². The summed E-state index contributed by atoms with van der Waals surface area (Å²) < 4.78 is 33.2. The number of rotatable bonds is 15. The van der Waals surface area contributed by atoms with Gasteiger partial charge in [-0.15, -0.1) is 0 Å². The number of nitriles is 2. The first-order valence-corrected chi connectivity index (χ1v) is 20.5. The number of nitrogens with one attached hydrogen (secondary N) is 2. The highest BCUT2D eigenvalue weighted by Crippen LogP contribution is 2.38. The Morgan fingerprint density at radius 1 is 0.823 bits per heavy atom. The van der Waals surface area contributed by atoms with Crippen LogP contribution < -0.4 is 21.1 Å². The molecule has 0 aliphatic rings. The number of pyridine rings is 1. The minimum atomic E-state index is -1.20. The first-order valence-electron chi connectivity index (χ1n) is 19.2. The van der Waals surface area contributed by atoms with E-state index in [9.17, 15) is 29.7 Å². The molecule has 2 aromatic heterocycles. The number of alkyl carbamates (subject to hydrolysis) is 2. The standard InChI is InChI=1S/C43H48ClN7O10S/c1-23(48-40(54)60-42(4,5)6)38(52)57-21-30(59-39(53)24(2)49-41(55)61-43(7,8)9)20-56-29-16-12-26(13-17-29)34-31(18-45)35(47)51-37(32(34)19-46)62-22-33-25(3)58-36(50-33)27-10-14-28(44)15-11-27/h10-17,23-24,30H,20-22H2,1-9H3,(H2,47,51)(H,48,54)(H,49,55)/t23?,24?,30-/m0/s1. The van der Waals surface area contributed by atoms with Crippen LogP contribution in [0, 0.1) is 29.6 Å². The molecule has 0 aliphatic heterocycles. The Kier molecular flexibility index (Phi) is 16.2. The van der Waals surface area contributed by atoms with Crippen LogP contribution in [0.2, 0.25) is 5.02 Å². The monoisotopic (exact) mass is 889 g/mol. The molecule has 0 bridgehead atoms. The normalized spacial score (nSPS) is 12.7. The molecule has 2 unspecified atom stereocenters. The Morgan fingerprint density at radius 2 is 1.37 bits per heavy atom. The van der Waals surface area contributed by atoms with E-state index >= 15 is 0 Å². The van der Waals surface area contributed by atoms with Crippen molar-refractivity contribution in [1.29, 1.82) is 10.5 Å². The van der Waals surface area contributed by atoms with Gasteiger partial charge in [0.25, 0.3) is 0 Å². The van der Waals surface area contributed by atoms with Gasteiger partial charge in [-0.2, -0.15) is 10.5 Å². The Labute approximate surface area is 368 Å². The third-order valence-corrected chi connectivity index (χ3v) is 9.43. The zero-order valence-corrected chi connectivity index (χ0v) is 37.3. The lowest BCUT2D eigenvalue weighted by Crippen LogP contribution is -2.45. The van der Waals surface area contributed by atoms with Crippen molar-refractivity contribution in [2.75, 3.05) is 18.9 Å². The molecule has 3 atom stereocenters. The Hall–Kier alpha value is -6.50. The van der Waals surface area contributed by atoms with Crippen LogP contribution in [0.15, 0.2) is 58.0 Å². The van der Waals surface area contributed by atoms with Crippen LogP contribution in [0.1, 0.15) is 78.0 Å². The van der Waals surface area contributed by atoms with Crippen molar-refractivity contribution in [2.45, 2.75) is 102 Å². The molecule has 328 valence electrons. The highest BCUT2D eigenvalue weighted by molar-refractivity contribution is 7.98. The van der Waals surface area contributed by atoms with Gasteiger partial charge in [-0.25, -0.2) is 29.1 Å². The quantitative estimate of drug-likeness (QED) is 0.0589. The maximum atomic E-state index is 13.1. The molecule has 0 spiro atoms. The van der Waals surface area contributed by atoms with Crippen molar-refractivity contribution in [1.82, 2.24) is 20.6 Å². The second kappa shape index (κ2) is 20.8. The van der Waals surface area contributed by atoms with Crippen LogP contribution in [0.3, 0.4) is 0 Å². The number of hydrogen-bond donors (Lipinski definition) is 3. The summed E-state index contributed by atoms with van der Waals surface area (Å²) in [5.41, 5.74) is 6.83. The molecule has 4 rings (SSSR count). The number of carbonyl (C=O) groups excluding carboxylic acids is 4. The lowest BCUT2D eigenvalue weighted by atomic mass is 9.97. The van der Waals surface area contributed by atoms with Crippen LogP contribution in [-0.2, 0) is 34.3 Å². The SMILES string of the molecule is Cc1oc(-c2ccc(Cl)cc2)nc1CSc1nc(N)c(C#N)c(-c2ccc(OC[C@@H](COC(=O)C(C)NC(=O)OC(C)(C)C)OC(=O)C(C)NC(=O)OC(C)(C)C)cc2)c1C#N. The Morgan fingerprint density at radius 3 is 1.92 bits per heavy atom. The molecular formula is C43H48ClN7O10S. The molecule has 2 amide bonds. The molecule has 17 nitrogen and oxygen atoms in total. The topological polar surface area (TPSA) is 251 Å². The van der Waals surface area contributed by atoms with Gasteiger partial charge < -0.3 is 44.5 Å². The van der Waals surface area contributed by atoms with E-state index in [4.69, 9.17) is 45.4 Å². The van der Waals surface area contributed by atoms with Gasteiger partial charge in [0.05, 0.1) is 11.3 Å². The molecule has 62 heavy (non-hydrogen) atoms. The van der Waals surface area contributed by atoms with E-state index < -0.39 is 60.1 Å². The van der Waals surface area contributed by atoms with Crippen LogP contribution in [0.4, 0.5) is 15.4 Å². The smallest absolute Gasteiger partial charge is 0.408 e. The number of nitrogens with zero attached hydrogens (tertiary/aromatic N) is 4. The van der Waals surface area contributed by atoms with Crippen LogP contribution in [0.5, 0.6) is 5.75 Å². The number of ether oxygens (including phenoxy) is 5. The Balaban J connectivity index is 1.51. The summed E-state index contributed by atoms with van der Waals surface area (Å²) in [6.45, 7) is 13.7. The molecule has 2 aromatic carbocycles. The molecule has 2 heterocycles. The zero-order chi connectivity index (χ0) is 45.9. The van der Waals surface area contributed by atoms with E-state index in [-0.39, 0.29) is 45.6 Å². The summed E-state index contributed by atoms with van der Waals surface area (Å²) in [5, 5.41) is 26.1. The van der Waals surface area contributed by atoms with E-state index in [2.05, 4.69) is 32.7 Å². The van der Waals surface area contributed by atoms with Gasteiger partial charge in [0.2, 0.25) is 5.89 Å². The second-order valence-corrected chi connectivity index (χ2v) is 17.1. The van der Waals surface area contributed by atoms with E-state index in [0.29, 0.717) is 27.9 Å². The predicted molar refractivity (Wildman–Crippen MR) is 229 cm³/mol. The zero-order valence-electron chi connectivity index (χ0n) is 35.7. The number of anilines is 1. The fourth-order valence-corrected chi connectivity index (χ4v) is 6.40. The van der Waals surface area contributed by atoms with Crippen molar-refractivity contribution in [3.63, 3.8) is 0 Å². The number of esters is 2. The molecule has 0 radical (unpaired) electrons. The number of nitrogen functional groups attached to an aromatic ring is 1. The van der Waals surface area contributed by atoms with Gasteiger partial charge in [0.1, 0.15) is 76.6 Å². The number of halogens is 1. The summed E-state index contributed by atoms with van der Waals surface area (Å²) >= 11 is 7.23. The van der Waals surface area contributed by atoms with Gasteiger partial charge in [0.15, 0.2) is 6.10 Å². The molecule has 0 saturated carbocycles. The third kappa shape index (κ3) is 14.0. The summed E-state index contributed by atoms with van der Waals surface area (Å²) in [5.74, 6) is -0.281. The second-order valence-electron chi connectivity index (χ2n) is 15.7. The molecule has 4 aromatic rings. The number of aryl methyl sites for hydroxylation is 1. The highest BCUT2D eigenvalue weighted by Gasteiger charge is 2.28. The minimum Gasteiger partial charge on any atom is -0.490 e. The van der Waals surface area contributed by atoms with Gasteiger partial charge in [-0.05, 0) is 104 Å². The minimum absolute atomic E-state index is 0.000463. The number of carbonyl (C=O) groups is 4. The lowest BCUT2D eigenvalue weighted by molar-refractivity contribution is -0.162. The van der Waals surface area contributed by atoms with E-state index in [1.165, 1.54) is 25.6 Å². The highest BCUT2D eigenvalue weighted by atomic mass is 35.5. The van der Waals surface area contributed by atoms with Crippen molar-refractivity contribution in [3.05, 3.63) is 76.1 Å². The summed E-state index contributed by atoms with van der Waals surface area (Å²) in [6.07, 6.45) is -2.88. The Bertz CT molecular complexity index is 2340. The number of nitrogens with two attached hydrogens (primary N) is 1. The van der Waals surface area contributed by atoms with Gasteiger partial charge >= 0.3 is 24.1 Å². The van der Waals surface area contributed by atoms with Crippen molar-refractivity contribution in [3.8, 4) is 40.5 Å². The van der Waals surface area contributed by atoms with Crippen molar-refractivity contribution >= 4 is 53.3 Å². The van der Waals surface area contributed by atoms with Crippen LogP contribution in [-0.4, -0.2) is 76.7 Å². The van der Waals surface area contributed by atoms with Crippen molar-refractivity contribution < 1.29 is 47.3 Å². The molecule has 0 aliphatic carbocycles. The predicted octanol–water partition coefficient (Wildman–Crippen LogP) is 7.64. The van der Waals surface area contributed by atoms with E-state index in [0.717, 1.165) is 5.56 Å². The average Bonchev–Trinajstić information content (AvgIpc) is 3.56. The number of benzene rings is 2. The largest absolute Gasteiger partial charge is 0.490 e. The van der Waals surface area contributed by atoms with Crippen molar-refractivity contribution in [2.24, 2.45) is 0 Å². The maximum Gasteiger partial charge on any atom is 0.408 e. The summed E-state index contributed by atoms with van der Waals surface area (Å²) in [4.78, 5) is 59.4. The first-order chi connectivity index (χ1) is 29.1. The summed E-state index contributed by atoms with van der Waals surface area (Å²) in [6, 6.07) is 15.3. The van der Waals surface area contributed by atoms with E-state index in [1.54, 1.807) is 97.0 Å². The van der Waals surface area contributed by atoms with Gasteiger partial charge in [0, 0.05) is 21.9 Å². The molecule has 0 saturated heterocycles. The fraction of sp³-hybridized carbons (Fsp3) is 0.395. The average molecular weight is 890 g/mol. The molecular weight excluding hydrogens is 842 g/mol. The first kappa shape index (κ1) is 48.2. The van der Waals surface area contributed by atoms with Crippen LogP contribution >= 0.6 is 23.4 Å². The van der Waals surface area contributed by atoms with Crippen LogP contribution in [0.25, 0.3) is 22.6 Å². The molecule has 4 N–H and O–H groups in total. The summed E-state index contributed by atoms with van der Waals surface area (Å²) in [7, 11) is 0. The number of thioether (sulfide) groups is 1. The fourth-order valence-electron chi connectivity index (χ4n) is 5.28. The van der Waals surface area contributed by atoms with Gasteiger partial charge in [-0.3, -0.25) is 0 Å². The lowest BCUT2D eigenvalue weighted by Gasteiger charge is -2.24. The number of hydrogen-bond acceptors (Lipinski definition) is 16. The number of oxazole rings is 1. The number of aromatic nitrogens is 2. The maximum absolute atomic E-state index is 13.1. The van der Waals surface area contributed by atoms with Gasteiger partial charge in [-0.1, -0.05) is 35.5 Å². The number of amides is 2.